The van der Waals surface area contributed by atoms with Gasteiger partial charge >= 0.3 is 0 Å². The van der Waals surface area contributed by atoms with Crippen LogP contribution in [0.25, 0.3) is 0 Å². The molecule has 0 heterocycles. The summed E-state index contributed by atoms with van der Waals surface area (Å²) in [4.78, 5) is 0.441. The number of rotatable bonds is 6. The highest BCUT2D eigenvalue weighted by molar-refractivity contribution is 7.89. The predicted octanol–water partition coefficient (Wildman–Crippen LogP) is 1.73. The van der Waals surface area contributed by atoms with E-state index in [0.29, 0.717) is 12.0 Å². The van der Waals surface area contributed by atoms with E-state index < -0.39 is 16.1 Å². The van der Waals surface area contributed by atoms with Gasteiger partial charge in [-0.3, -0.25) is 0 Å². The van der Waals surface area contributed by atoms with Crippen LogP contribution >= 0.6 is 12.2 Å². The topological polar surface area (TPSA) is 72.2 Å². The highest BCUT2D eigenvalue weighted by Crippen LogP contribution is 2.15. The fourth-order valence-electron chi connectivity index (χ4n) is 1.66. The standard InChI is InChI=1S/C12H18N2O2S2/c1-3-6-10(12(13)17)14-18(15,16)11-8-5-4-7-9(11)2/h4-5,7-8,10,14H,3,6H2,1-2H3,(H2,13,17). The van der Waals surface area contributed by atoms with Crippen LogP contribution in [0.15, 0.2) is 29.2 Å². The summed E-state index contributed by atoms with van der Waals surface area (Å²) in [5.74, 6) is 0. The molecule has 6 heteroatoms. The van der Waals surface area contributed by atoms with Crippen LogP contribution < -0.4 is 10.5 Å². The Morgan fingerprint density at radius 2 is 2.06 bits per heavy atom. The van der Waals surface area contributed by atoms with Gasteiger partial charge in [-0.2, -0.15) is 0 Å². The SMILES string of the molecule is CCCC(NS(=O)(=O)c1ccccc1C)C(N)=S. The molecule has 0 spiro atoms. The van der Waals surface area contributed by atoms with Gasteiger partial charge in [0, 0.05) is 0 Å². The molecular formula is C12H18N2O2S2. The number of nitrogens with two attached hydrogens (primary N) is 1. The molecule has 0 amide bonds. The van der Waals surface area contributed by atoms with Crippen molar-refractivity contribution in [3.63, 3.8) is 0 Å². The molecule has 0 bridgehead atoms. The van der Waals surface area contributed by atoms with Crippen molar-refractivity contribution < 1.29 is 8.42 Å². The lowest BCUT2D eigenvalue weighted by Gasteiger charge is -2.17. The summed E-state index contributed by atoms with van der Waals surface area (Å²) < 4.78 is 27.0. The van der Waals surface area contributed by atoms with E-state index in [2.05, 4.69) is 4.72 Å². The lowest BCUT2D eigenvalue weighted by atomic mass is 10.2. The summed E-state index contributed by atoms with van der Waals surface area (Å²) in [6.45, 7) is 3.71. The van der Waals surface area contributed by atoms with E-state index in [4.69, 9.17) is 18.0 Å². The van der Waals surface area contributed by atoms with Gasteiger partial charge in [-0.15, -0.1) is 0 Å². The number of thiocarbonyl (C=S) groups is 1. The van der Waals surface area contributed by atoms with Gasteiger partial charge in [0.1, 0.15) is 0 Å². The number of benzene rings is 1. The van der Waals surface area contributed by atoms with Gasteiger partial charge in [0.05, 0.1) is 15.9 Å². The van der Waals surface area contributed by atoms with Gasteiger partial charge in [-0.25, -0.2) is 13.1 Å². The monoisotopic (exact) mass is 286 g/mol. The molecule has 1 unspecified atom stereocenters. The quantitative estimate of drug-likeness (QED) is 0.781. The Bertz CT molecular complexity index is 527. The van der Waals surface area contributed by atoms with Crippen molar-refractivity contribution in [1.29, 1.82) is 0 Å². The first-order valence-electron chi connectivity index (χ1n) is 5.75. The van der Waals surface area contributed by atoms with Crippen LogP contribution in [-0.4, -0.2) is 19.4 Å². The summed E-state index contributed by atoms with van der Waals surface area (Å²) in [7, 11) is -3.57. The second-order valence-corrected chi connectivity index (χ2v) is 6.28. The van der Waals surface area contributed by atoms with Crippen molar-refractivity contribution in [2.45, 2.75) is 37.6 Å². The van der Waals surface area contributed by atoms with Gasteiger partial charge in [-0.1, -0.05) is 43.8 Å². The Balaban J connectivity index is 3.01. The molecule has 0 saturated heterocycles. The lowest BCUT2D eigenvalue weighted by Crippen LogP contribution is -2.43. The maximum absolute atomic E-state index is 12.2. The molecule has 0 fully saturated rings. The fourth-order valence-corrected chi connectivity index (χ4v) is 3.40. The third-order valence-electron chi connectivity index (χ3n) is 2.60. The molecule has 100 valence electrons. The summed E-state index contributed by atoms with van der Waals surface area (Å²) in [6.07, 6.45) is 1.40. The van der Waals surface area contributed by atoms with Crippen LogP contribution in [0.2, 0.25) is 0 Å². The summed E-state index contributed by atoms with van der Waals surface area (Å²) in [6, 6.07) is 6.32. The van der Waals surface area contributed by atoms with Crippen molar-refractivity contribution in [2.24, 2.45) is 5.73 Å². The predicted molar refractivity (Wildman–Crippen MR) is 77.0 cm³/mol. The maximum atomic E-state index is 12.2. The molecule has 18 heavy (non-hydrogen) atoms. The molecule has 0 saturated carbocycles. The minimum absolute atomic E-state index is 0.175. The first-order chi connectivity index (χ1) is 8.38. The zero-order chi connectivity index (χ0) is 13.8. The van der Waals surface area contributed by atoms with E-state index in [1.165, 1.54) is 0 Å². The van der Waals surface area contributed by atoms with Crippen LogP contribution in [0.1, 0.15) is 25.3 Å². The minimum atomic E-state index is -3.57. The zero-order valence-corrected chi connectivity index (χ0v) is 12.1. The highest BCUT2D eigenvalue weighted by Gasteiger charge is 2.22. The van der Waals surface area contributed by atoms with E-state index in [0.717, 1.165) is 6.42 Å². The molecule has 1 aromatic carbocycles. The molecule has 3 N–H and O–H groups in total. The van der Waals surface area contributed by atoms with E-state index in [9.17, 15) is 8.42 Å². The summed E-state index contributed by atoms with van der Waals surface area (Å²) >= 11 is 4.88. The largest absolute Gasteiger partial charge is 0.392 e. The zero-order valence-electron chi connectivity index (χ0n) is 10.5. The average Bonchev–Trinajstić information content (AvgIpc) is 2.28. The normalized spacial score (nSPS) is 13.2. The Labute approximate surface area is 114 Å². The van der Waals surface area contributed by atoms with Gasteiger partial charge in [-0.05, 0) is 25.0 Å². The molecule has 1 rings (SSSR count). The molecule has 0 aliphatic rings. The van der Waals surface area contributed by atoms with Crippen molar-refractivity contribution in [1.82, 2.24) is 4.72 Å². The summed E-state index contributed by atoms with van der Waals surface area (Å²) in [5.41, 5.74) is 6.25. The number of hydrogen-bond donors (Lipinski definition) is 2. The molecule has 1 aromatic rings. The molecule has 4 nitrogen and oxygen atoms in total. The van der Waals surface area contributed by atoms with Gasteiger partial charge < -0.3 is 5.73 Å². The second-order valence-electron chi connectivity index (χ2n) is 4.13. The van der Waals surface area contributed by atoms with Crippen LogP contribution in [0.5, 0.6) is 0 Å². The minimum Gasteiger partial charge on any atom is -0.392 e. The fraction of sp³-hybridized carbons (Fsp3) is 0.417. The van der Waals surface area contributed by atoms with Crippen molar-refractivity contribution in [3.05, 3.63) is 29.8 Å². The third kappa shape index (κ3) is 3.76. The lowest BCUT2D eigenvalue weighted by molar-refractivity contribution is 0.566. The highest BCUT2D eigenvalue weighted by atomic mass is 32.2. The van der Waals surface area contributed by atoms with Crippen LogP contribution in [0, 0.1) is 6.92 Å². The van der Waals surface area contributed by atoms with Crippen molar-refractivity contribution in [3.8, 4) is 0 Å². The molecule has 0 radical (unpaired) electrons. The number of nitrogens with one attached hydrogen (secondary N) is 1. The van der Waals surface area contributed by atoms with Crippen molar-refractivity contribution in [2.75, 3.05) is 0 Å². The van der Waals surface area contributed by atoms with Gasteiger partial charge in [0.15, 0.2) is 0 Å². The van der Waals surface area contributed by atoms with Crippen LogP contribution in [-0.2, 0) is 10.0 Å². The number of sulfonamides is 1. The van der Waals surface area contributed by atoms with Gasteiger partial charge in [0.2, 0.25) is 10.0 Å². The third-order valence-corrected chi connectivity index (χ3v) is 4.52. The van der Waals surface area contributed by atoms with Gasteiger partial charge in [0.25, 0.3) is 0 Å². The Morgan fingerprint density at radius 3 is 2.56 bits per heavy atom. The molecule has 0 aromatic heterocycles. The van der Waals surface area contributed by atoms with E-state index in [-0.39, 0.29) is 9.88 Å². The molecular weight excluding hydrogens is 268 g/mol. The van der Waals surface area contributed by atoms with E-state index in [1.807, 2.05) is 6.92 Å². The van der Waals surface area contributed by atoms with Crippen LogP contribution in [0.4, 0.5) is 0 Å². The Morgan fingerprint density at radius 1 is 1.44 bits per heavy atom. The average molecular weight is 286 g/mol. The maximum Gasteiger partial charge on any atom is 0.241 e. The van der Waals surface area contributed by atoms with E-state index >= 15 is 0 Å². The molecule has 1 atom stereocenters. The first kappa shape index (κ1) is 15.1. The van der Waals surface area contributed by atoms with Crippen LogP contribution in [0.3, 0.4) is 0 Å². The Kier molecular flexibility index (Phi) is 5.25. The smallest absolute Gasteiger partial charge is 0.241 e. The number of aryl methyl sites for hydroxylation is 1. The first-order valence-corrected chi connectivity index (χ1v) is 7.65. The molecule has 0 aliphatic carbocycles. The summed E-state index contributed by atoms with van der Waals surface area (Å²) in [5, 5.41) is 0. The second kappa shape index (κ2) is 6.26. The molecule has 0 aliphatic heterocycles. The Hall–Kier alpha value is -0.980. The van der Waals surface area contributed by atoms with E-state index in [1.54, 1.807) is 31.2 Å². The van der Waals surface area contributed by atoms with Crippen molar-refractivity contribution >= 4 is 27.2 Å². The number of hydrogen-bond acceptors (Lipinski definition) is 3.